The highest BCUT2D eigenvalue weighted by atomic mass is 16.3. The fraction of sp³-hybridized carbons (Fsp3) is 0.450. The molecule has 0 bridgehead atoms. The average Bonchev–Trinajstić information content (AvgIpc) is 3.05. The number of nitrogens with two attached hydrogens (primary N) is 1. The topological polar surface area (TPSA) is 108 Å². The summed E-state index contributed by atoms with van der Waals surface area (Å²) >= 11 is 0. The number of aliphatic hydroxyl groups is 1. The molecule has 1 unspecified atom stereocenters. The zero-order valence-electron chi connectivity index (χ0n) is 16.3. The number of aryl methyl sites for hydroxylation is 1. The standard InChI is InChI=1S/C20H27N5O3/c1-14(26)8-6-7-11-24-19(27)17-18(23(2)20(24)28)22-16(12-21)25(17)13-15-9-4-3-5-10-15/h3-5,9-10,14,26H,6-8,11-13,21H2,1-2H3. The second kappa shape index (κ2) is 8.53. The zero-order valence-corrected chi connectivity index (χ0v) is 16.3. The number of fused-ring (bicyclic) bond motifs is 1. The number of rotatable bonds is 8. The van der Waals surface area contributed by atoms with Gasteiger partial charge >= 0.3 is 5.69 Å². The van der Waals surface area contributed by atoms with Crippen molar-refractivity contribution in [2.75, 3.05) is 0 Å². The smallest absolute Gasteiger partial charge is 0.332 e. The van der Waals surface area contributed by atoms with Crippen molar-refractivity contribution < 1.29 is 5.11 Å². The maximum atomic E-state index is 13.2. The predicted octanol–water partition coefficient (Wildman–Crippen LogP) is 0.955. The summed E-state index contributed by atoms with van der Waals surface area (Å²) in [5, 5.41) is 9.39. The number of aromatic nitrogens is 4. The number of imidazole rings is 1. The fourth-order valence-electron chi connectivity index (χ4n) is 3.42. The van der Waals surface area contributed by atoms with E-state index in [0.717, 1.165) is 12.0 Å². The summed E-state index contributed by atoms with van der Waals surface area (Å²) in [4.78, 5) is 30.3. The third-order valence-electron chi connectivity index (χ3n) is 4.93. The van der Waals surface area contributed by atoms with Crippen molar-refractivity contribution in [3.63, 3.8) is 0 Å². The molecule has 1 atom stereocenters. The van der Waals surface area contributed by atoms with Gasteiger partial charge in [0.15, 0.2) is 11.2 Å². The molecule has 0 radical (unpaired) electrons. The largest absolute Gasteiger partial charge is 0.393 e. The average molecular weight is 385 g/mol. The molecule has 0 spiro atoms. The van der Waals surface area contributed by atoms with Crippen LogP contribution in [0.4, 0.5) is 0 Å². The molecule has 28 heavy (non-hydrogen) atoms. The summed E-state index contributed by atoms with van der Waals surface area (Å²) in [7, 11) is 1.62. The molecule has 2 heterocycles. The van der Waals surface area contributed by atoms with Gasteiger partial charge in [-0.3, -0.25) is 13.9 Å². The Kier molecular flexibility index (Phi) is 6.11. The Morgan fingerprint density at radius 3 is 2.50 bits per heavy atom. The van der Waals surface area contributed by atoms with Gasteiger partial charge in [-0.2, -0.15) is 0 Å². The molecule has 8 heteroatoms. The van der Waals surface area contributed by atoms with Gasteiger partial charge in [0.25, 0.3) is 5.56 Å². The molecule has 1 aromatic carbocycles. The summed E-state index contributed by atoms with van der Waals surface area (Å²) < 4.78 is 4.47. The Morgan fingerprint density at radius 1 is 1.14 bits per heavy atom. The first-order valence-electron chi connectivity index (χ1n) is 9.55. The molecule has 0 fully saturated rings. The van der Waals surface area contributed by atoms with Crippen LogP contribution < -0.4 is 17.0 Å². The maximum absolute atomic E-state index is 13.2. The monoisotopic (exact) mass is 385 g/mol. The van der Waals surface area contributed by atoms with Crippen molar-refractivity contribution in [2.24, 2.45) is 12.8 Å². The van der Waals surface area contributed by atoms with E-state index in [1.807, 2.05) is 30.3 Å². The maximum Gasteiger partial charge on any atom is 0.332 e. The third-order valence-corrected chi connectivity index (χ3v) is 4.93. The number of benzene rings is 1. The Bertz CT molecular complexity index is 1060. The number of nitrogens with zero attached hydrogens (tertiary/aromatic N) is 4. The van der Waals surface area contributed by atoms with E-state index in [4.69, 9.17) is 5.73 Å². The van der Waals surface area contributed by atoms with E-state index in [9.17, 15) is 14.7 Å². The number of aliphatic hydroxyl groups excluding tert-OH is 1. The molecular formula is C20H27N5O3. The quantitative estimate of drug-likeness (QED) is 0.562. The minimum atomic E-state index is -0.388. The summed E-state index contributed by atoms with van der Waals surface area (Å²) in [5.74, 6) is 0.567. The molecule has 0 saturated carbocycles. The molecule has 2 aromatic heterocycles. The van der Waals surface area contributed by atoms with Crippen LogP contribution in [0.15, 0.2) is 39.9 Å². The van der Waals surface area contributed by atoms with Crippen molar-refractivity contribution in [2.45, 2.75) is 51.9 Å². The fourth-order valence-corrected chi connectivity index (χ4v) is 3.42. The zero-order chi connectivity index (χ0) is 20.3. The predicted molar refractivity (Wildman–Crippen MR) is 108 cm³/mol. The summed E-state index contributed by atoms with van der Waals surface area (Å²) in [5.41, 5.74) is 6.90. The highest BCUT2D eigenvalue weighted by Crippen LogP contribution is 2.14. The van der Waals surface area contributed by atoms with Gasteiger partial charge in [-0.05, 0) is 31.7 Å². The van der Waals surface area contributed by atoms with Crippen LogP contribution in [0.3, 0.4) is 0 Å². The number of hydrogen-bond donors (Lipinski definition) is 2. The van der Waals surface area contributed by atoms with Crippen LogP contribution in [0.5, 0.6) is 0 Å². The summed E-state index contributed by atoms with van der Waals surface area (Å²) in [6.07, 6.45) is 1.63. The van der Waals surface area contributed by atoms with Crippen LogP contribution in [0.2, 0.25) is 0 Å². The minimum absolute atomic E-state index is 0.170. The van der Waals surface area contributed by atoms with Gasteiger partial charge < -0.3 is 15.4 Å². The molecule has 0 saturated heterocycles. The molecule has 0 amide bonds. The number of hydrogen-bond acceptors (Lipinski definition) is 5. The molecular weight excluding hydrogens is 358 g/mol. The molecule has 3 N–H and O–H groups in total. The van der Waals surface area contributed by atoms with Crippen LogP contribution in [-0.4, -0.2) is 29.9 Å². The van der Waals surface area contributed by atoms with Crippen molar-refractivity contribution in [1.29, 1.82) is 0 Å². The van der Waals surface area contributed by atoms with E-state index >= 15 is 0 Å². The number of unbranched alkanes of at least 4 members (excludes halogenated alkanes) is 1. The van der Waals surface area contributed by atoms with Gasteiger partial charge in [0.1, 0.15) is 5.82 Å². The van der Waals surface area contributed by atoms with Gasteiger partial charge in [0, 0.05) is 20.1 Å². The second-order valence-electron chi connectivity index (χ2n) is 7.12. The van der Waals surface area contributed by atoms with Crippen LogP contribution >= 0.6 is 0 Å². The Morgan fingerprint density at radius 2 is 1.86 bits per heavy atom. The Hall–Kier alpha value is -2.71. The SMILES string of the molecule is CC(O)CCCCn1c(=O)c2c(nc(CN)n2Cc2ccccc2)n(C)c1=O. The Labute approximate surface area is 162 Å². The van der Waals surface area contributed by atoms with Crippen LogP contribution in [-0.2, 0) is 26.7 Å². The van der Waals surface area contributed by atoms with Gasteiger partial charge in [0.2, 0.25) is 0 Å². The molecule has 0 aliphatic rings. The van der Waals surface area contributed by atoms with Gasteiger partial charge in [-0.1, -0.05) is 30.3 Å². The van der Waals surface area contributed by atoms with Crippen molar-refractivity contribution in [3.8, 4) is 0 Å². The molecule has 150 valence electrons. The lowest BCUT2D eigenvalue weighted by Crippen LogP contribution is -2.39. The first kappa shape index (κ1) is 20.0. The second-order valence-corrected chi connectivity index (χ2v) is 7.12. The van der Waals surface area contributed by atoms with Crippen LogP contribution in [0.1, 0.15) is 37.6 Å². The summed E-state index contributed by atoms with van der Waals surface area (Å²) in [6.45, 7) is 2.67. The lowest BCUT2D eigenvalue weighted by atomic mass is 10.2. The van der Waals surface area contributed by atoms with Gasteiger partial charge in [-0.25, -0.2) is 9.78 Å². The van der Waals surface area contributed by atoms with Crippen LogP contribution in [0.25, 0.3) is 11.2 Å². The van der Waals surface area contributed by atoms with Crippen LogP contribution in [0, 0.1) is 0 Å². The molecule has 8 nitrogen and oxygen atoms in total. The van der Waals surface area contributed by atoms with Crippen molar-refractivity contribution >= 4 is 11.2 Å². The lowest BCUT2D eigenvalue weighted by molar-refractivity contribution is 0.180. The first-order chi connectivity index (χ1) is 13.4. The highest BCUT2D eigenvalue weighted by molar-refractivity contribution is 5.71. The lowest BCUT2D eigenvalue weighted by Gasteiger charge is -2.11. The third kappa shape index (κ3) is 3.93. The van der Waals surface area contributed by atoms with Gasteiger partial charge in [0.05, 0.1) is 12.6 Å². The van der Waals surface area contributed by atoms with E-state index in [1.165, 1.54) is 9.13 Å². The molecule has 3 aromatic rings. The van der Waals surface area contributed by atoms with E-state index in [2.05, 4.69) is 4.98 Å². The van der Waals surface area contributed by atoms with Gasteiger partial charge in [-0.15, -0.1) is 0 Å². The molecule has 0 aliphatic heterocycles. The normalized spacial score (nSPS) is 12.6. The van der Waals surface area contributed by atoms with Crippen molar-refractivity contribution in [3.05, 3.63) is 62.6 Å². The van der Waals surface area contributed by atoms with Crippen molar-refractivity contribution in [1.82, 2.24) is 18.7 Å². The highest BCUT2D eigenvalue weighted by Gasteiger charge is 2.19. The summed E-state index contributed by atoms with van der Waals surface area (Å²) in [6, 6.07) is 9.76. The Balaban J connectivity index is 2.08. The molecule has 3 rings (SSSR count). The molecule has 0 aliphatic carbocycles. The minimum Gasteiger partial charge on any atom is -0.393 e. The van der Waals surface area contributed by atoms with E-state index in [-0.39, 0.29) is 23.9 Å². The van der Waals surface area contributed by atoms with E-state index < -0.39 is 0 Å². The first-order valence-corrected chi connectivity index (χ1v) is 9.55. The van der Waals surface area contributed by atoms with E-state index in [0.29, 0.717) is 42.9 Å². The van der Waals surface area contributed by atoms with E-state index in [1.54, 1.807) is 18.5 Å².